The monoisotopic (exact) mass is 406 g/mol. The maximum absolute atomic E-state index is 13.5. The van der Waals surface area contributed by atoms with E-state index in [1.54, 1.807) is 19.5 Å². The Labute approximate surface area is 170 Å². The minimum Gasteiger partial charge on any atom is -0.472 e. The molecule has 2 aliphatic carbocycles. The summed E-state index contributed by atoms with van der Waals surface area (Å²) in [6.45, 7) is 5.21. The molecule has 1 saturated heterocycles. The number of rotatable bonds is 5. The van der Waals surface area contributed by atoms with Gasteiger partial charge in [-0.05, 0) is 44.2 Å². The third-order valence-electron chi connectivity index (χ3n) is 8.00. The van der Waals surface area contributed by atoms with E-state index in [0.29, 0.717) is 32.3 Å². The predicted octanol–water partition coefficient (Wildman–Crippen LogP) is 2.03. The number of carbonyl (C=O) groups excluding carboxylic acids is 2. The molecule has 0 aromatic carbocycles. The van der Waals surface area contributed by atoms with Gasteiger partial charge in [0.1, 0.15) is 23.4 Å². The Balaban J connectivity index is 1.79. The first kappa shape index (κ1) is 20.6. The fourth-order valence-electron chi connectivity index (χ4n) is 6.06. The molecule has 29 heavy (non-hydrogen) atoms. The lowest BCUT2D eigenvalue weighted by Gasteiger charge is -2.63. The van der Waals surface area contributed by atoms with Gasteiger partial charge < -0.3 is 24.1 Å². The van der Waals surface area contributed by atoms with Crippen molar-refractivity contribution in [2.24, 2.45) is 16.7 Å². The molecule has 1 aromatic heterocycles. The second kappa shape index (κ2) is 6.65. The fraction of sp³-hybridized carbons (Fsp3) is 0.727. The van der Waals surface area contributed by atoms with Gasteiger partial charge in [-0.3, -0.25) is 9.59 Å². The van der Waals surface area contributed by atoms with E-state index in [0.717, 1.165) is 5.56 Å². The molecule has 6 atom stereocenters. The van der Waals surface area contributed by atoms with Crippen LogP contribution in [0.25, 0.3) is 0 Å². The molecule has 2 N–H and O–H groups in total. The number of hydrogen-bond acceptors (Lipinski definition) is 7. The van der Waals surface area contributed by atoms with Crippen molar-refractivity contribution in [2.45, 2.75) is 70.2 Å². The van der Waals surface area contributed by atoms with E-state index in [1.165, 1.54) is 6.92 Å². The summed E-state index contributed by atoms with van der Waals surface area (Å²) in [6, 6.07) is 1.88. The van der Waals surface area contributed by atoms with E-state index in [2.05, 4.69) is 0 Å². The molecule has 4 rings (SSSR count). The van der Waals surface area contributed by atoms with E-state index in [1.807, 2.05) is 13.0 Å². The molecule has 1 aliphatic heterocycles. The Kier molecular flexibility index (Phi) is 4.72. The van der Waals surface area contributed by atoms with Gasteiger partial charge >= 0.3 is 5.97 Å². The molecule has 7 heteroatoms. The van der Waals surface area contributed by atoms with Gasteiger partial charge in [0.15, 0.2) is 0 Å². The first-order valence-electron chi connectivity index (χ1n) is 10.3. The number of furan rings is 1. The summed E-state index contributed by atoms with van der Waals surface area (Å²) < 4.78 is 16.4. The van der Waals surface area contributed by atoms with E-state index in [-0.39, 0.29) is 18.8 Å². The summed E-state index contributed by atoms with van der Waals surface area (Å²) in [7, 11) is 0. The summed E-state index contributed by atoms with van der Waals surface area (Å²) in [6.07, 6.45) is 4.61. The van der Waals surface area contributed by atoms with Crippen LogP contribution in [-0.2, 0) is 25.5 Å². The number of esters is 1. The number of ether oxygens (including phenoxy) is 2. The van der Waals surface area contributed by atoms with Crippen LogP contribution in [-0.4, -0.2) is 52.5 Å². The topological polar surface area (TPSA) is 110 Å². The number of aryl methyl sites for hydroxylation is 1. The fourth-order valence-corrected chi connectivity index (χ4v) is 6.06. The van der Waals surface area contributed by atoms with Gasteiger partial charge in [-0.2, -0.15) is 0 Å². The van der Waals surface area contributed by atoms with Crippen molar-refractivity contribution in [3.63, 3.8) is 0 Å². The number of ketones is 1. The smallest absolute Gasteiger partial charge is 0.302 e. The molecular weight excluding hydrogens is 376 g/mol. The molecule has 7 nitrogen and oxygen atoms in total. The highest BCUT2D eigenvalue weighted by molar-refractivity contribution is 5.90. The number of aliphatic hydroxyl groups is 2. The Bertz CT molecular complexity index is 794. The van der Waals surface area contributed by atoms with Crippen LogP contribution in [0.5, 0.6) is 0 Å². The van der Waals surface area contributed by atoms with E-state index in [4.69, 9.17) is 13.9 Å². The first-order chi connectivity index (χ1) is 13.6. The second-order valence-corrected chi connectivity index (χ2v) is 9.54. The van der Waals surface area contributed by atoms with Crippen LogP contribution in [0.1, 0.15) is 52.0 Å². The highest BCUT2D eigenvalue weighted by Gasteiger charge is 2.78. The summed E-state index contributed by atoms with van der Waals surface area (Å²) in [5.74, 6) is -1.25. The molecule has 160 valence electrons. The quantitative estimate of drug-likeness (QED) is 0.569. The zero-order valence-corrected chi connectivity index (χ0v) is 17.3. The highest BCUT2D eigenvalue weighted by Crippen LogP contribution is 2.68. The van der Waals surface area contributed by atoms with Crippen molar-refractivity contribution in [1.29, 1.82) is 0 Å². The van der Waals surface area contributed by atoms with Crippen molar-refractivity contribution < 1.29 is 33.7 Å². The molecular formula is C22H30O7. The largest absolute Gasteiger partial charge is 0.472 e. The normalized spacial score (nSPS) is 43.8. The maximum atomic E-state index is 13.5. The Hall–Kier alpha value is -1.70. The van der Waals surface area contributed by atoms with Crippen molar-refractivity contribution in [2.75, 3.05) is 13.2 Å². The third-order valence-corrected chi connectivity index (χ3v) is 8.00. The van der Waals surface area contributed by atoms with Crippen LogP contribution < -0.4 is 0 Å². The highest BCUT2D eigenvalue weighted by atomic mass is 16.6. The molecule has 0 unspecified atom stereocenters. The summed E-state index contributed by atoms with van der Waals surface area (Å²) >= 11 is 0. The SMILES string of the molecule is CC(=O)OC[C@@]12C(=O)C[C@@](C)(O)[C@](C)(CCc3ccoc3)[C@H]1[C@@H](O)CC[C@]21CO1. The lowest BCUT2D eigenvalue weighted by Crippen LogP contribution is -2.72. The summed E-state index contributed by atoms with van der Waals surface area (Å²) in [5.41, 5.74) is -2.99. The zero-order valence-electron chi connectivity index (χ0n) is 17.3. The van der Waals surface area contributed by atoms with E-state index >= 15 is 0 Å². The van der Waals surface area contributed by atoms with Gasteiger partial charge in [0.05, 0.1) is 30.8 Å². The molecule has 2 heterocycles. The number of carbonyl (C=O) groups is 2. The predicted molar refractivity (Wildman–Crippen MR) is 102 cm³/mol. The third kappa shape index (κ3) is 2.89. The standard InChI is InChI=1S/C22H30O7/c1-14(23)28-13-22-17(25)10-20(3,26)19(2,7-4-15-6-9-27-11-15)18(22)16(24)5-8-21(22)12-29-21/h6,9,11,16,18,24,26H,4-5,7-8,10,12-13H2,1-3H3/t16-,18+,19+,20+,21-,22+/m0/s1. The first-order valence-corrected chi connectivity index (χ1v) is 10.3. The molecule has 1 aromatic rings. The van der Waals surface area contributed by atoms with Gasteiger partial charge in [-0.15, -0.1) is 0 Å². The molecule has 0 amide bonds. The zero-order chi connectivity index (χ0) is 21.1. The van der Waals surface area contributed by atoms with Gasteiger partial charge in [-0.1, -0.05) is 6.92 Å². The van der Waals surface area contributed by atoms with Gasteiger partial charge in [0, 0.05) is 24.7 Å². The van der Waals surface area contributed by atoms with Crippen LogP contribution in [0, 0.1) is 16.7 Å². The second-order valence-electron chi connectivity index (χ2n) is 9.54. The van der Waals surface area contributed by atoms with Gasteiger partial charge in [0.2, 0.25) is 0 Å². The lowest BCUT2D eigenvalue weighted by atomic mass is 9.41. The maximum Gasteiger partial charge on any atom is 0.302 e. The Morgan fingerprint density at radius 1 is 1.38 bits per heavy atom. The number of Topliss-reactive ketones (excluding diaryl/α,β-unsaturated/α-hetero) is 1. The van der Waals surface area contributed by atoms with Crippen LogP contribution in [0.2, 0.25) is 0 Å². The number of aliphatic hydroxyl groups excluding tert-OH is 1. The average molecular weight is 406 g/mol. The number of epoxide rings is 1. The molecule has 1 spiro atoms. The minimum atomic E-state index is -1.31. The minimum absolute atomic E-state index is 0.0650. The van der Waals surface area contributed by atoms with Crippen LogP contribution in [0.15, 0.2) is 23.0 Å². The molecule has 3 aliphatic rings. The summed E-state index contributed by atoms with van der Waals surface area (Å²) in [4.78, 5) is 25.2. The van der Waals surface area contributed by atoms with E-state index in [9.17, 15) is 19.8 Å². The molecule has 2 saturated carbocycles. The van der Waals surface area contributed by atoms with Crippen molar-refractivity contribution in [1.82, 2.24) is 0 Å². The molecule has 3 fully saturated rings. The van der Waals surface area contributed by atoms with Gasteiger partial charge in [0.25, 0.3) is 0 Å². The number of hydrogen-bond donors (Lipinski definition) is 2. The molecule has 0 bridgehead atoms. The van der Waals surface area contributed by atoms with Crippen LogP contribution in [0.4, 0.5) is 0 Å². The molecule has 0 radical (unpaired) electrons. The summed E-state index contributed by atoms with van der Waals surface area (Å²) in [5, 5.41) is 22.6. The van der Waals surface area contributed by atoms with Crippen molar-refractivity contribution in [3.8, 4) is 0 Å². The van der Waals surface area contributed by atoms with E-state index < -0.39 is 40.0 Å². The average Bonchev–Trinajstić information content (AvgIpc) is 3.23. The van der Waals surface area contributed by atoms with Crippen molar-refractivity contribution >= 4 is 11.8 Å². The number of fused-ring (bicyclic) bond motifs is 2. The van der Waals surface area contributed by atoms with Crippen LogP contribution >= 0.6 is 0 Å². The van der Waals surface area contributed by atoms with Gasteiger partial charge in [-0.25, -0.2) is 0 Å². The van der Waals surface area contributed by atoms with Crippen molar-refractivity contribution in [3.05, 3.63) is 24.2 Å². The Morgan fingerprint density at radius 3 is 2.69 bits per heavy atom. The lowest BCUT2D eigenvalue weighted by molar-refractivity contribution is -0.235. The van der Waals surface area contributed by atoms with Crippen LogP contribution in [0.3, 0.4) is 0 Å². The Morgan fingerprint density at radius 2 is 2.10 bits per heavy atom.